The SMILES string of the molecule is CC1(C)NCCn2cc(-c3ccc(F)cc3)nc21.CN1CCn2cc(-c3ccc(F)cc3)nc2C1(C)C. The maximum absolute atomic E-state index is 13.0. The molecule has 1 N–H and O–H groups in total. The zero-order chi connectivity index (χ0) is 26.4. The number of hydrogen-bond donors (Lipinski definition) is 1. The largest absolute Gasteiger partial charge is 0.331 e. The lowest BCUT2D eigenvalue weighted by Gasteiger charge is -2.39. The van der Waals surface area contributed by atoms with Crippen molar-refractivity contribution in [1.29, 1.82) is 0 Å². The van der Waals surface area contributed by atoms with Gasteiger partial charge in [0.05, 0.1) is 22.5 Å². The van der Waals surface area contributed by atoms with E-state index in [1.54, 1.807) is 24.3 Å². The lowest BCUT2D eigenvalue weighted by molar-refractivity contribution is 0.110. The highest BCUT2D eigenvalue weighted by Gasteiger charge is 2.34. The number of rotatable bonds is 2. The number of halogens is 2. The summed E-state index contributed by atoms with van der Waals surface area (Å²) < 4.78 is 30.3. The molecule has 2 aliphatic heterocycles. The molecule has 0 bridgehead atoms. The van der Waals surface area contributed by atoms with Crippen molar-refractivity contribution in [1.82, 2.24) is 29.3 Å². The maximum atomic E-state index is 13.0. The Balaban J connectivity index is 0.000000152. The van der Waals surface area contributed by atoms with Gasteiger partial charge < -0.3 is 14.5 Å². The van der Waals surface area contributed by atoms with Crippen molar-refractivity contribution in [3.05, 3.63) is 84.2 Å². The zero-order valence-electron chi connectivity index (χ0n) is 22.1. The molecule has 0 fully saturated rings. The smallest absolute Gasteiger partial charge is 0.129 e. The van der Waals surface area contributed by atoms with Crippen LogP contribution in [-0.4, -0.2) is 44.1 Å². The Morgan fingerprint density at radius 1 is 0.703 bits per heavy atom. The Kier molecular flexibility index (Phi) is 6.50. The van der Waals surface area contributed by atoms with E-state index in [9.17, 15) is 8.78 Å². The van der Waals surface area contributed by atoms with Gasteiger partial charge in [0.1, 0.15) is 23.3 Å². The van der Waals surface area contributed by atoms with Gasteiger partial charge in [-0.3, -0.25) is 4.90 Å². The van der Waals surface area contributed by atoms with Crippen molar-refractivity contribution in [2.24, 2.45) is 0 Å². The Bertz CT molecular complexity index is 1380. The summed E-state index contributed by atoms with van der Waals surface area (Å²) in [5.41, 5.74) is 3.54. The van der Waals surface area contributed by atoms with Crippen molar-refractivity contribution in [3.63, 3.8) is 0 Å². The lowest BCUT2D eigenvalue weighted by Crippen LogP contribution is -2.46. The van der Waals surface area contributed by atoms with E-state index in [4.69, 9.17) is 4.98 Å². The second-order valence-corrected chi connectivity index (χ2v) is 10.8. The van der Waals surface area contributed by atoms with Gasteiger partial charge in [-0.05, 0) is 83.3 Å². The number of likely N-dealkylation sites (N-methyl/N-ethyl adjacent to an activating group) is 1. The third-order valence-electron chi connectivity index (χ3n) is 7.49. The third-order valence-corrected chi connectivity index (χ3v) is 7.49. The third kappa shape index (κ3) is 4.95. The first-order valence-electron chi connectivity index (χ1n) is 12.7. The topological polar surface area (TPSA) is 50.9 Å². The van der Waals surface area contributed by atoms with Crippen LogP contribution in [0.1, 0.15) is 39.3 Å². The molecule has 0 aliphatic carbocycles. The van der Waals surface area contributed by atoms with Crippen LogP contribution in [0, 0.1) is 11.6 Å². The standard InChI is InChI=1S/C15H18FN3.C14H16FN3/c1-15(2)14-17-13(10-19(14)9-8-18(15)3)11-4-6-12(16)7-5-11;1-14(2)13-17-12(9-18(13)8-7-16-14)10-3-5-11(15)6-4-10/h4-7,10H,8-9H2,1-3H3;3-6,9,16H,7-8H2,1-2H3. The fraction of sp³-hybridized carbons (Fsp3) is 0.379. The molecule has 0 saturated carbocycles. The molecule has 194 valence electrons. The van der Waals surface area contributed by atoms with Crippen LogP contribution in [0.5, 0.6) is 0 Å². The molecule has 4 heterocycles. The second kappa shape index (κ2) is 9.50. The minimum Gasteiger partial charge on any atom is -0.331 e. The van der Waals surface area contributed by atoms with Gasteiger partial charge in [-0.2, -0.15) is 0 Å². The van der Waals surface area contributed by atoms with E-state index in [-0.39, 0.29) is 22.7 Å². The van der Waals surface area contributed by atoms with Crippen molar-refractivity contribution < 1.29 is 8.78 Å². The normalized spacial score (nSPS) is 17.9. The zero-order valence-corrected chi connectivity index (χ0v) is 22.1. The molecule has 8 heteroatoms. The summed E-state index contributed by atoms with van der Waals surface area (Å²) in [6.45, 7) is 12.4. The summed E-state index contributed by atoms with van der Waals surface area (Å²) in [6, 6.07) is 13.0. The fourth-order valence-corrected chi connectivity index (χ4v) is 4.96. The van der Waals surface area contributed by atoms with Crippen LogP contribution in [0.3, 0.4) is 0 Å². The Morgan fingerprint density at radius 3 is 1.70 bits per heavy atom. The maximum Gasteiger partial charge on any atom is 0.129 e. The Hall–Kier alpha value is -3.36. The number of aromatic nitrogens is 4. The van der Waals surface area contributed by atoms with Crippen molar-refractivity contribution in [3.8, 4) is 22.5 Å². The van der Waals surface area contributed by atoms with Gasteiger partial charge in [0.15, 0.2) is 0 Å². The molecule has 0 amide bonds. The van der Waals surface area contributed by atoms with Gasteiger partial charge in [0.2, 0.25) is 0 Å². The average Bonchev–Trinajstić information content (AvgIpc) is 3.50. The van der Waals surface area contributed by atoms with E-state index in [1.807, 2.05) is 6.20 Å². The molecule has 37 heavy (non-hydrogen) atoms. The summed E-state index contributed by atoms with van der Waals surface area (Å²) in [5.74, 6) is 1.67. The van der Waals surface area contributed by atoms with Gasteiger partial charge in [-0.25, -0.2) is 18.7 Å². The van der Waals surface area contributed by atoms with E-state index in [2.05, 4.69) is 65.3 Å². The molecule has 6 rings (SSSR count). The van der Waals surface area contributed by atoms with Crippen LogP contribution in [-0.2, 0) is 24.2 Å². The highest BCUT2D eigenvalue weighted by atomic mass is 19.1. The van der Waals surface area contributed by atoms with Gasteiger partial charge in [-0.1, -0.05) is 0 Å². The molecular formula is C29H34F2N6. The Labute approximate surface area is 217 Å². The first kappa shape index (κ1) is 25.3. The second-order valence-electron chi connectivity index (χ2n) is 10.8. The fourth-order valence-electron chi connectivity index (χ4n) is 4.96. The molecule has 6 nitrogen and oxygen atoms in total. The summed E-state index contributed by atoms with van der Waals surface area (Å²) in [6.07, 6.45) is 4.11. The van der Waals surface area contributed by atoms with Crippen molar-refractivity contribution in [2.45, 2.75) is 51.9 Å². The molecule has 0 radical (unpaired) electrons. The minimum absolute atomic E-state index is 0.0729. The summed E-state index contributed by atoms with van der Waals surface area (Å²) in [7, 11) is 2.12. The molecule has 2 aromatic carbocycles. The lowest BCUT2D eigenvalue weighted by atomic mass is 10.0. The summed E-state index contributed by atoms with van der Waals surface area (Å²) in [5, 5.41) is 3.45. The molecule has 0 saturated heterocycles. The van der Waals surface area contributed by atoms with Crippen LogP contribution in [0.2, 0.25) is 0 Å². The van der Waals surface area contributed by atoms with E-state index in [0.717, 1.165) is 60.3 Å². The highest BCUT2D eigenvalue weighted by molar-refractivity contribution is 5.59. The number of hydrogen-bond acceptors (Lipinski definition) is 4. The number of nitrogens with one attached hydrogen (secondary N) is 1. The van der Waals surface area contributed by atoms with Gasteiger partial charge in [-0.15, -0.1) is 0 Å². The Morgan fingerprint density at radius 2 is 1.19 bits per heavy atom. The minimum atomic E-state index is -0.218. The molecule has 2 aromatic heterocycles. The summed E-state index contributed by atoms with van der Waals surface area (Å²) in [4.78, 5) is 11.7. The van der Waals surface area contributed by atoms with Crippen molar-refractivity contribution in [2.75, 3.05) is 20.1 Å². The van der Waals surface area contributed by atoms with E-state index in [0.29, 0.717) is 0 Å². The van der Waals surface area contributed by atoms with E-state index < -0.39 is 0 Å². The van der Waals surface area contributed by atoms with Crippen molar-refractivity contribution >= 4 is 0 Å². The first-order chi connectivity index (χ1) is 17.5. The molecule has 0 atom stereocenters. The molecule has 4 aromatic rings. The molecule has 0 spiro atoms. The number of fused-ring (bicyclic) bond motifs is 2. The van der Waals surface area contributed by atoms with E-state index >= 15 is 0 Å². The quantitative estimate of drug-likeness (QED) is 0.397. The predicted octanol–water partition coefficient (Wildman–Crippen LogP) is 5.40. The van der Waals surface area contributed by atoms with Crippen LogP contribution >= 0.6 is 0 Å². The number of nitrogens with zero attached hydrogens (tertiary/aromatic N) is 5. The predicted molar refractivity (Wildman–Crippen MR) is 142 cm³/mol. The van der Waals surface area contributed by atoms with Crippen LogP contribution in [0.15, 0.2) is 60.9 Å². The molecule has 0 unspecified atom stereocenters. The van der Waals surface area contributed by atoms with Gasteiger partial charge in [0, 0.05) is 49.7 Å². The van der Waals surface area contributed by atoms with Crippen LogP contribution in [0.4, 0.5) is 8.78 Å². The van der Waals surface area contributed by atoms with Crippen LogP contribution in [0.25, 0.3) is 22.5 Å². The first-order valence-corrected chi connectivity index (χ1v) is 12.7. The van der Waals surface area contributed by atoms with Gasteiger partial charge in [0.25, 0.3) is 0 Å². The summed E-state index contributed by atoms with van der Waals surface area (Å²) >= 11 is 0. The van der Waals surface area contributed by atoms with Gasteiger partial charge >= 0.3 is 0 Å². The number of benzene rings is 2. The molecule has 2 aliphatic rings. The number of imidazole rings is 2. The highest BCUT2D eigenvalue weighted by Crippen LogP contribution is 2.32. The van der Waals surface area contributed by atoms with Crippen LogP contribution < -0.4 is 5.32 Å². The molecular weight excluding hydrogens is 470 g/mol. The average molecular weight is 505 g/mol. The monoisotopic (exact) mass is 504 g/mol. The van der Waals surface area contributed by atoms with E-state index in [1.165, 1.54) is 24.3 Å².